The van der Waals surface area contributed by atoms with Gasteiger partial charge in [-0.3, -0.25) is 0 Å². The van der Waals surface area contributed by atoms with Crippen LogP contribution < -0.4 is 5.32 Å². The second-order valence-corrected chi connectivity index (χ2v) is 8.09. The van der Waals surface area contributed by atoms with Crippen LogP contribution in [0.3, 0.4) is 0 Å². The minimum atomic E-state index is 0.377. The lowest BCUT2D eigenvalue weighted by Crippen LogP contribution is -2.32. The Labute approximate surface area is 118 Å². The molecule has 2 unspecified atom stereocenters. The van der Waals surface area contributed by atoms with E-state index in [0.717, 1.165) is 13.2 Å². The van der Waals surface area contributed by atoms with Gasteiger partial charge in [0, 0.05) is 23.1 Å². The van der Waals surface area contributed by atoms with Crippen LogP contribution in [-0.2, 0) is 4.74 Å². The van der Waals surface area contributed by atoms with Gasteiger partial charge in [0.2, 0.25) is 0 Å². The van der Waals surface area contributed by atoms with Crippen molar-refractivity contribution in [3.63, 3.8) is 0 Å². The highest BCUT2D eigenvalue weighted by molar-refractivity contribution is 8.00. The summed E-state index contributed by atoms with van der Waals surface area (Å²) >= 11 is 2.07. The highest BCUT2D eigenvalue weighted by atomic mass is 32.2. The van der Waals surface area contributed by atoms with Crippen LogP contribution >= 0.6 is 11.8 Å². The molecule has 1 saturated heterocycles. The van der Waals surface area contributed by atoms with E-state index in [9.17, 15) is 0 Å². The van der Waals surface area contributed by atoms with Crippen molar-refractivity contribution >= 4 is 11.8 Å². The van der Waals surface area contributed by atoms with Gasteiger partial charge in [0.1, 0.15) is 0 Å². The molecule has 18 heavy (non-hydrogen) atoms. The Kier molecular flexibility index (Phi) is 7.66. The molecule has 0 bridgehead atoms. The molecule has 0 amide bonds. The van der Waals surface area contributed by atoms with Gasteiger partial charge in [0.15, 0.2) is 0 Å². The molecule has 0 radical (unpaired) electrons. The van der Waals surface area contributed by atoms with E-state index in [-0.39, 0.29) is 0 Å². The summed E-state index contributed by atoms with van der Waals surface area (Å²) in [5.74, 6) is 1.23. The molecular formula is C15H31NOS. The molecule has 0 aliphatic carbocycles. The molecule has 108 valence electrons. The molecule has 3 heteroatoms. The molecule has 1 heterocycles. The molecule has 0 aromatic rings. The van der Waals surface area contributed by atoms with Gasteiger partial charge in [0.25, 0.3) is 0 Å². The van der Waals surface area contributed by atoms with Crippen LogP contribution in [-0.4, -0.2) is 35.8 Å². The summed E-state index contributed by atoms with van der Waals surface area (Å²) in [7, 11) is 0. The van der Waals surface area contributed by atoms with E-state index in [2.05, 4.69) is 44.8 Å². The van der Waals surface area contributed by atoms with Crippen LogP contribution in [0.1, 0.15) is 59.8 Å². The van der Waals surface area contributed by atoms with E-state index >= 15 is 0 Å². The zero-order valence-electron chi connectivity index (χ0n) is 12.6. The van der Waals surface area contributed by atoms with Gasteiger partial charge in [-0.15, -0.1) is 0 Å². The van der Waals surface area contributed by atoms with E-state index in [1.807, 2.05) is 0 Å². The van der Waals surface area contributed by atoms with E-state index < -0.39 is 0 Å². The Balaban J connectivity index is 2.15. The van der Waals surface area contributed by atoms with Crippen LogP contribution in [0.25, 0.3) is 0 Å². The quantitative estimate of drug-likeness (QED) is 0.726. The summed E-state index contributed by atoms with van der Waals surface area (Å²) in [5, 5.41) is 3.62. The molecule has 0 aromatic heterocycles. The van der Waals surface area contributed by atoms with Gasteiger partial charge in [0.05, 0.1) is 6.10 Å². The summed E-state index contributed by atoms with van der Waals surface area (Å²) < 4.78 is 6.06. The van der Waals surface area contributed by atoms with E-state index in [1.165, 1.54) is 37.9 Å². The highest BCUT2D eigenvalue weighted by Gasteiger charge is 2.18. The zero-order chi connectivity index (χ0) is 13.4. The SMILES string of the molecule is CCNC(CCCC1CCCO1)CSC(C)(C)C. The largest absolute Gasteiger partial charge is 0.378 e. The molecule has 1 N–H and O–H groups in total. The Morgan fingerprint density at radius 2 is 2.17 bits per heavy atom. The normalized spacial score (nSPS) is 22.3. The van der Waals surface area contributed by atoms with Crippen molar-refractivity contribution in [2.45, 2.75) is 76.7 Å². The average molecular weight is 273 g/mol. The molecule has 1 rings (SSSR count). The van der Waals surface area contributed by atoms with Crippen molar-refractivity contribution in [1.29, 1.82) is 0 Å². The lowest BCUT2D eigenvalue weighted by molar-refractivity contribution is 0.101. The fourth-order valence-corrected chi connectivity index (χ4v) is 3.33. The molecule has 2 nitrogen and oxygen atoms in total. The van der Waals surface area contributed by atoms with Crippen molar-refractivity contribution < 1.29 is 4.74 Å². The molecule has 1 aliphatic heterocycles. The number of nitrogens with one attached hydrogen (secondary N) is 1. The van der Waals surface area contributed by atoms with Crippen molar-refractivity contribution in [2.24, 2.45) is 0 Å². The average Bonchev–Trinajstić information content (AvgIpc) is 2.78. The fraction of sp³-hybridized carbons (Fsp3) is 1.00. The lowest BCUT2D eigenvalue weighted by Gasteiger charge is -2.24. The standard InChI is InChI=1S/C15H31NOS/c1-5-16-13(12-18-15(2,3)4)8-6-9-14-10-7-11-17-14/h13-14,16H,5-12H2,1-4H3. The maximum Gasteiger partial charge on any atom is 0.0576 e. The van der Waals surface area contributed by atoms with Crippen molar-refractivity contribution in [3.8, 4) is 0 Å². The highest BCUT2D eigenvalue weighted by Crippen LogP contribution is 2.25. The molecular weight excluding hydrogens is 242 g/mol. The monoisotopic (exact) mass is 273 g/mol. The smallest absolute Gasteiger partial charge is 0.0576 e. The van der Waals surface area contributed by atoms with Crippen molar-refractivity contribution in [3.05, 3.63) is 0 Å². The number of rotatable bonds is 8. The maximum atomic E-state index is 5.68. The number of hydrogen-bond acceptors (Lipinski definition) is 3. The second-order valence-electron chi connectivity index (χ2n) is 6.24. The fourth-order valence-electron chi connectivity index (χ4n) is 2.35. The number of thioether (sulfide) groups is 1. The predicted octanol–water partition coefficient (Wildman–Crippen LogP) is 3.85. The van der Waals surface area contributed by atoms with Crippen LogP contribution in [0.2, 0.25) is 0 Å². The molecule has 2 atom stereocenters. The first kappa shape index (κ1) is 16.3. The first-order chi connectivity index (χ1) is 8.51. The first-order valence-corrected chi connectivity index (χ1v) is 8.49. The van der Waals surface area contributed by atoms with Gasteiger partial charge in [-0.1, -0.05) is 27.7 Å². The van der Waals surface area contributed by atoms with E-state index in [4.69, 9.17) is 4.74 Å². The summed E-state index contributed by atoms with van der Waals surface area (Å²) in [6, 6.07) is 0.667. The van der Waals surface area contributed by atoms with Crippen molar-refractivity contribution in [1.82, 2.24) is 5.32 Å². The molecule has 1 fully saturated rings. The van der Waals surface area contributed by atoms with Gasteiger partial charge in [-0.25, -0.2) is 0 Å². The van der Waals surface area contributed by atoms with Gasteiger partial charge < -0.3 is 10.1 Å². The lowest BCUT2D eigenvalue weighted by atomic mass is 10.1. The molecule has 0 aromatic carbocycles. The third-order valence-corrected chi connectivity index (χ3v) is 4.75. The number of ether oxygens (including phenoxy) is 1. The van der Waals surface area contributed by atoms with Crippen LogP contribution in [0.4, 0.5) is 0 Å². The van der Waals surface area contributed by atoms with E-state index in [1.54, 1.807) is 0 Å². The predicted molar refractivity (Wildman–Crippen MR) is 82.5 cm³/mol. The Morgan fingerprint density at radius 1 is 1.39 bits per heavy atom. The van der Waals surface area contributed by atoms with Gasteiger partial charge in [-0.2, -0.15) is 11.8 Å². The Morgan fingerprint density at radius 3 is 2.72 bits per heavy atom. The van der Waals surface area contributed by atoms with Gasteiger partial charge in [-0.05, 0) is 38.6 Å². The third kappa shape index (κ3) is 7.65. The summed E-state index contributed by atoms with van der Waals surface area (Å²) in [4.78, 5) is 0. The Bertz CT molecular complexity index is 209. The van der Waals surface area contributed by atoms with E-state index in [0.29, 0.717) is 16.9 Å². The Hall–Kier alpha value is 0.270. The van der Waals surface area contributed by atoms with Crippen LogP contribution in [0, 0.1) is 0 Å². The summed E-state index contributed by atoms with van der Waals surface area (Å²) in [5.41, 5.74) is 0. The minimum Gasteiger partial charge on any atom is -0.378 e. The summed E-state index contributed by atoms with van der Waals surface area (Å²) in [6.07, 6.45) is 6.94. The summed E-state index contributed by atoms with van der Waals surface area (Å²) in [6.45, 7) is 11.2. The molecule has 1 aliphatic rings. The van der Waals surface area contributed by atoms with Crippen molar-refractivity contribution in [2.75, 3.05) is 18.9 Å². The second kappa shape index (κ2) is 8.44. The van der Waals surface area contributed by atoms with Crippen LogP contribution in [0.15, 0.2) is 0 Å². The molecule has 0 saturated carbocycles. The van der Waals surface area contributed by atoms with Crippen LogP contribution in [0.5, 0.6) is 0 Å². The zero-order valence-corrected chi connectivity index (χ0v) is 13.4. The number of hydrogen-bond donors (Lipinski definition) is 1. The maximum absolute atomic E-state index is 5.68. The first-order valence-electron chi connectivity index (χ1n) is 7.50. The van der Waals surface area contributed by atoms with Gasteiger partial charge >= 0.3 is 0 Å². The topological polar surface area (TPSA) is 21.3 Å². The third-order valence-electron chi connectivity index (χ3n) is 3.31. The minimum absolute atomic E-state index is 0.377. The molecule has 0 spiro atoms.